The first-order valence-electron chi connectivity index (χ1n) is 10.4. The first-order valence-corrected chi connectivity index (χ1v) is 10.4. The Labute approximate surface area is 193 Å². The summed E-state index contributed by atoms with van der Waals surface area (Å²) in [5.41, 5.74) is 1.76. The molecule has 4 heterocycles. The van der Waals surface area contributed by atoms with E-state index >= 15 is 0 Å². The van der Waals surface area contributed by atoms with E-state index in [1.54, 1.807) is 23.9 Å². The van der Waals surface area contributed by atoms with Gasteiger partial charge in [0.15, 0.2) is 0 Å². The minimum Gasteiger partial charge on any atom is -1.00 e. The molecule has 2 fully saturated rings. The van der Waals surface area contributed by atoms with E-state index in [2.05, 4.69) is 29.1 Å². The van der Waals surface area contributed by atoms with Crippen molar-refractivity contribution in [3.8, 4) is 5.75 Å². The molecule has 30 heavy (non-hydrogen) atoms. The van der Waals surface area contributed by atoms with E-state index in [1.165, 1.54) is 12.8 Å². The first-order chi connectivity index (χ1) is 13.9. The number of halogens is 1. The SMILES string of the molecule is Cn1c(=O)cc(OCc2cnnn2C2C[C@H]3CC[C@@H](C2)[N+]3(C)C)c2ccccc21.[I-]. The Morgan fingerprint density at radius 1 is 1.17 bits per heavy atom. The minimum atomic E-state index is -0.0748. The molecule has 2 aliphatic rings. The van der Waals surface area contributed by atoms with Crippen molar-refractivity contribution >= 4 is 10.9 Å². The number of quaternary nitrogens is 1. The van der Waals surface area contributed by atoms with Crippen LogP contribution in [-0.2, 0) is 13.7 Å². The summed E-state index contributed by atoms with van der Waals surface area (Å²) in [5, 5.41) is 9.51. The predicted molar refractivity (Wildman–Crippen MR) is 111 cm³/mol. The molecule has 2 saturated heterocycles. The van der Waals surface area contributed by atoms with Crippen LogP contribution in [0.5, 0.6) is 5.75 Å². The van der Waals surface area contributed by atoms with E-state index in [0.717, 1.165) is 33.9 Å². The Morgan fingerprint density at radius 2 is 1.87 bits per heavy atom. The van der Waals surface area contributed by atoms with Gasteiger partial charge in [-0.15, -0.1) is 5.10 Å². The molecule has 1 unspecified atom stereocenters. The summed E-state index contributed by atoms with van der Waals surface area (Å²) in [7, 11) is 6.51. The Morgan fingerprint density at radius 3 is 2.60 bits per heavy atom. The van der Waals surface area contributed by atoms with Crippen LogP contribution in [0.25, 0.3) is 10.9 Å². The number of fused-ring (bicyclic) bond motifs is 3. The first kappa shape index (κ1) is 21.3. The monoisotopic (exact) mass is 521 g/mol. The molecular formula is C22H28IN5O2. The van der Waals surface area contributed by atoms with Crippen molar-refractivity contribution in [3.63, 3.8) is 0 Å². The van der Waals surface area contributed by atoms with E-state index in [1.807, 2.05) is 24.3 Å². The molecule has 7 nitrogen and oxygen atoms in total. The van der Waals surface area contributed by atoms with Crippen LogP contribution in [0.2, 0.25) is 0 Å². The van der Waals surface area contributed by atoms with Gasteiger partial charge in [0.25, 0.3) is 5.56 Å². The molecule has 2 aromatic heterocycles. The number of piperidine rings is 1. The van der Waals surface area contributed by atoms with Crippen molar-refractivity contribution in [2.75, 3.05) is 14.1 Å². The topological polar surface area (TPSA) is 61.9 Å². The van der Waals surface area contributed by atoms with Crippen molar-refractivity contribution in [1.82, 2.24) is 19.6 Å². The van der Waals surface area contributed by atoms with Crippen LogP contribution in [0, 0.1) is 0 Å². The number of rotatable bonds is 4. The number of para-hydroxylation sites is 1. The second kappa shape index (κ2) is 7.96. The standard InChI is InChI=1S/C22H28N5O2.HI/c1-25-20-7-5-4-6-19(20)21(12-22(25)28)29-14-16-13-23-24-26(16)15-10-17-8-9-18(11-15)27(17,2)3;/h4-7,12-13,15,17-18H,8-11,14H2,1-3H3;1H/q+1;/p-1/t15?,17-,18+;. The minimum absolute atomic E-state index is 0. The molecule has 2 bridgehead atoms. The van der Waals surface area contributed by atoms with Gasteiger partial charge in [-0.05, 0) is 12.1 Å². The van der Waals surface area contributed by atoms with E-state index in [-0.39, 0.29) is 29.5 Å². The second-order valence-corrected chi connectivity index (χ2v) is 9.02. The van der Waals surface area contributed by atoms with Crippen molar-refractivity contribution in [1.29, 1.82) is 0 Å². The zero-order valence-electron chi connectivity index (χ0n) is 17.7. The summed E-state index contributed by atoms with van der Waals surface area (Å²) >= 11 is 0. The fourth-order valence-corrected chi connectivity index (χ4v) is 5.38. The molecule has 3 aromatic rings. The molecule has 0 aliphatic carbocycles. The van der Waals surface area contributed by atoms with Gasteiger partial charge in [-0.3, -0.25) is 4.79 Å². The maximum Gasteiger partial charge on any atom is 0.254 e. The Kier molecular flexibility index (Phi) is 5.65. The van der Waals surface area contributed by atoms with Gasteiger partial charge >= 0.3 is 0 Å². The molecule has 0 N–H and O–H groups in total. The summed E-state index contributed by atoms with van der Waals surface area (Å²) in [4.78, 5) is 12.3. The molecule has 0 radical (unpaired) electrons. The van der Waals surface area contributed by atoms with E-state index in [9.17, 15) is 4.79 Å². The van der Waals surface area contributed by atoms with Gasteiger partial charge in [0.1, 0.15) is 12.4 Å². The van der Waals surface area contributed by atoms with Gasteiger partial charge in [0.05, 0.1) is 49.6 Å². The quantitative estimate of drug-likeness (QED) is 0.348. The summed E-state index contributed by atoms with van der Waals surface area (Å²) < 4.78 is 11.0. The molecule has 8 heteroatoms. The van der Waals surface area contributed by atoms with Crippen LogP contribution in [0.4, 0.5) is 0 Å². The molecule has 0 spiro atoms. The average molecular weight is 521 g/mol. The lowest BCUT2D eigenvalue weighted by Gasteiger charge is -2.44. The zero-order chi connectivity index (χ0) is 20.2. The summed E-state index contributed by atoms with van der Waals surface area (Å²) in [6.45, 7) is 0.355. The third-order valence-electron chi connectivity index (χ3n) is 7.29. The smallest absolute Gasteiger partial charge is 0.254 e. The van der Waals surface area contributed by atoms with Crippen LogP contribution in [0.1, 0.15) is 37.4 Å². The number of hydrogen-bond donors (Lipinski definition) is 0. The van der Waals surface area contributed by atoms with Crippen LogP contribution >= 0.6 is 0 Å². The Bertz CT molecular complexity index is 1110. The maximum absolute atomic E-state index is 12.3. The van der Waals surface area contributed by atoms with Gasteiger partial charge in [-0.2, -0.15) is 0 Å². The second-order valence-electron chi connectivity index (χ2n) is 9.02. The van der Waals surface area contributed by atoms with Gasteiger partial charge in [-0.25, -0.2) is 4.68 Å². The molecule has 5 rings (SSSR count). The average Bonchev–Trinajstić information content (AvgIpc) is 3.19. The summed E-state index contributed by atoms with van der Waals surface area (Å²) in [6, 6.07) is 11.1. The van der Waals surface area contributed by atoms with Crippen LogP contribution in [-0.4, -0.2) is 50.2 Å². The number of benzene rings is 1. The van der Waals surface area contributed by atoms with Crippen molar-refractivity contribution in [2.45, 2.75) is 50.4 Å². The lowest BCUT2D eigenvalue weighted by atomic mass is 9.95. The van der Waals surface area contributed by atoms with Crippen LogP contribution < -0.4 is 34.3 Å². The molecule has 2 aliphatic heterocycles. The van der Waals surface area contributed by atoms with Crippen LogP contribution in [0.3, 0.4) is 0 Å². The summed E-state index contributed by atoms with van der Waals surface area (Å²) in [6.07, 6.45) is 6.66. The number of nitrogens with zero attached hydrogens (tertiary/aromatic N) is 5. The van der Waals surface area contributed by atoms with Gasteiger partial charge < -0.3 is 37.8 Å². The Balaban J connectivity index is 0.00000218. The number of aryl methyl sites for hydroxylation is 1. The fourth-order valence-electron chi connectivity index (χ4n) is 5.38. The highest BCUT2D eigenvalue weighted by Gasteiger charge is 2.49. The summed E-state index contributed by atoms with van der Waals surface area (Å²) in [5.74, 6) is 0.609. The van der Waals surface area contributed by atoms with E-state index < -0.39 is 0 Å². The van der Waals surface area contributed by atoms with E-state index in [0.29, 0.717) is 30.5 Å². The number of hydrogen-bond acceptors (Lipinski definition) is 4. The molecule has 0 amide bonds. The molecule has 3 atom stereocenters. The largest absolute Gasteiger partial charge is 1.00 e. The number of ether oxygens (including phenoxy) is 1. The third kappa shape index (κ3) is 3.43. The van der Waals surface area contributed by atoms with Crippen molar-refractivity contribution in [3.05, 3.63) is 52.6 Å². The number of aromatic nitrogens is 4. The maximum atomic E-state index is 12.3. The van der Waals surface area contributed by atoms with Crippen molar-refractivity contribution < 1.29 is 33.2 Å². The fraction of sp³-hybridized carbons (Fsp3) is 0.500. The lowest BCUT2D eigenvalue weighted by Crippen LogP contribution is -3.00. The highest BCUT2D eigenvalue weighted by molar-refractivity contribution is 5.85. The Hall–Kier alpha value is -1.94. The molecular weight excluding hydrogens is 493 g/mol. The van der Waals surface area contributed by atoms with Gasteiger partial charge in [0.2, 0.25) is 0 Å². The van der Waals surface area contributed by atoms with Crippen LogP contribution in [0.15, 0.2) is 41.3 Å². The highest BCUT2D eigenvalue weighted by Crippen LogP contribution is 2.44. The predicted octanol–water partition coefficient (Wildman–Crippen LogP) is -0.345. The molecule has 160 valence electrons. The van der Waals surface area contributed by atoms with Gasteiger partial charge in [-0.1, -0.05) is 17.3 Å². The van der Waals surface area contributed by atoms with Crippen molar-refractivity contribution in [2.24, 2.45) is 7.05 Å². The zero-order valence-corrected chi connectivity index (χ0v) is 19.8. The molecule has 1 aromatic carbocycles. The van der Waals surface area contributed by atoms with Gasteiger partial charge in [0, 0.05) is 44.2 Å². The highest BCUT2D eigenvalue weighted by atomic mass is 127. The normalized spacial score (nSPS) is 24.6. The lowest BCUT2D eigenvalue weighted by molar-refractivity contribution is -0.931. The third-order valence-corrected chi connectivity index (χ3v) is 7.29. The van der Waals surface area contributed by atoms with E-state index in [4.69, 9.17) is 4.74 Å². The number of pyridine rings is 1. The molecule has 0 saturated carbocycles.